The summed E-state index contributed by atoms with van der Waals surface area (Å²) in [6.45, 7) is 3.91. The van der Waals surface area contributed by atoms with Gasteiger partial charge in [0.2, 0.25) is 0 Å². The zero-order chi connectivity index (χ0) is 23.6. The predicted molar refractivity (Wildman–Crippen MR) is 115 cm³/mol. The number of rotatable bonds is 6. The molecular formula is C22H25FN6O4. The topological polar surface area (TPSA) is 136 Å². The molecule has 0 radical (unpaired) electrons. The van der Waals surface area contributed by atoms with Crippen molar-refractivity contribution in [3.8, 4) is 6.07 Å². The number of halogens is 1. The highest BCUT2D eigenvalue weighted by Crippen LogP contribution is 2.31. The molecule has 2 aliphatic rings. The summed E-state index contributed by atoms with van der Waals surface area (Å²) in [6, 6.07) is 7.32. The molecule has 2 amide bonds. The standard InChI is InChI=1S/C22H25FN6O4/c1-22(11-32-12-22)13-33-21(31)28-7-6-14(8-24)18(10-28)29-9-17(19(25)30)20(27-29)26-16-4-2-15(23)3-5-16/h2-5,9,14,18H,6-7,10-13H2,1H3,(H2,25,30)(H,26,27)/t14-,18+/m1/s1. The number of nitrogens with zero attached hydrogens (tertiary/aromatic N) is 4. The van der Waals surface area contributed by atoms with Crippen LogP contribution >= 0.6 is 0 Å². The third kappa shape index (κ3) is 4.90. The fourth-order valence-corrected chi connectivity index (χ4v) is 3.88. The Morgan fingerprint density at radius 3 is 2.73 bits per heavy atom. The molecule has 33 heavy (non-hydrogen) atoms. The average Bonchev–Trinajstić information content (AvgIpc) is 3.21. The number of nitriles is 1. The smallest absolute Gasteiger partial charge is 0.409 e. The van der Waals surface area contributed by atoms with Crippen LogP contribution in [0.25, 0.3) is 0 Å². The summed E-state index contributed by atoms with van der Waals surface area (Å²) in [5.74, 6) is -1.34. The number of hydrogen-bond donors (Lipinski definition) is 2. The number of anilines is 2. The lowest BCUT2D eigenvalue weighted by Crippen LogP contribution is -2.48. The number of ether oxygens (including phenoxy) is 2. The van der Waals surface area contributed by atoms with Crippen LogP contribution in [0, 0.1) is 28.5 Å². The van der Waals surface area contributed by atoms with Crippen LogP contribution in [0.2, 0.25) is 0 Å². The first-order valence-corrected chi connectivity index (χ1v) is 10.6. The van der Waals surface area contributed by atoms with Gasteiger partial charge in [0.05, 0.1) is 31.2 Å². The van der Waals surface area contributed by atoms with Crippen molar-refractivity contribution in [2.24, 2.45) is 17.1 Å². The van der Waals surface area contributed by atoms with Crippen LogP contribution in [-0.4, -0.2) is 59.6 Å². The summed E-state index contributed by atoms with van der Waals surface area (Å²) >= 11 is 0. The molecule has 2 aliphatic heterocycles. The van der Waals surface area contributed by atoms with Crippen LogP contribution in [0.4, 0.5) is 20.7 Å². The van der Waals surface area contributed by atoms with E-state index in [1.165, 1.54) is 35.1 Å². The minimum Gasteiger partial charge on any atom is -0.449 e. The molecule has 2 fully saturated rings. The van der Waals surface area contributed by atoms with E-state index in [9.17, 15) is 19.2 Å². The van der Waals surface area contributed by atoms with Gasteiger partial charge >= 0.3 is 6.09 Å². The van der Waals surface area contributed by atoms with Crippen molar-refractivity contribution >= 4 is 23.5 Å². The third-order valence-electron chi connectivity index (χ3n) is 5.90. The van der Waals surface area contributed by atoms with Crippen LogP contribution < -0.4 is 11.1 Å². The van der Waals surface area contributed by atoms with Gasteiger partial charge in [-0.3, -0.25) is 9.48 Å². The highest BCUT2D eigenvalue weighted by Gasteiger charge is 2.38. The summed E-state index contributed by atoms with van der Waals surface area (Å²) in [6.07, 6.45) is 1.44. The van der Waals surface area contributed by atoms with E-state index in [0.29, 0.717) is 31.9 Å². The molecule has 3 heterocycles. The molecule has 0 unspecified atom stereocenters. The number of carbonyl (C=O) groups is 2. The Morgan fingerprint density at radius 2 is 2.12 bits per heavy atom. The van der Waals surface area contributed by atoms with Crippen LogP contribution in [-0.2, 0) is 9.47 Å². The number of carbonyl (C=O) groups excluding carboxylic acids is 2. The van der Waals surface area contributed by atoms with E-state index < -0.39 is 29.8 Å². The minimum absolute atomic E-state index is 0.119. The Hall–Kier alpha value is -3.65. The Bertz CT molecular complexity index is 1080. The van der Waals surface area contributed by atoms with Gasteiger partial charge < -0.3 is 25.4 Å². The summed E-state index contributed by atoms with van der Waals surface area (Å²) in [7, 11) is 0. The molecule has 0 aliphatic carbocycles. The monoisotopic (exact) mass is 456 g/mol. The van der Waals surface area contributed by atoms with Gasteiger partial charge in [-0.05, 0) is 30.7 Å². The highest BCUT2D eigenvalue weighted by molar-refractivity contribution is 5.98. The van der Waals surface area contributed by atoms with Gasteiger partial charge in [-0.2, -0.15) is 10.4 Å². The number of benzene rings is 1. The molecule has 0 bridgehead atoms. The zero-order valence-corrected chi connectivity index (χ0v) is 18.2. The number of hydrogen-bond acceptors (Lipinski definition) is 7. The van der Waals surface area contributed by atoms with E-state index in [1.807, 2.05) is 6.92 Å². The predicted octanol–water partition coefficient (Wildman–Crippen LogP) is 2.42. The Kier molecular flexibility index (Phi) is 6.20. The van der Waals surface area contributed by atoms with Crippen molar-refractivity contribution in [2.75, 3.05) is 38.2 Å². The number of aromatic nitrogens is 2. The normalized spacial score (nSPS) is 21.5. The van der Waals surface area contributed by atoms with E-state index in [1.54, 1.807) is 4.90 Å². The summed E-state index contributed by atoms with van der Waals surface area (Å²) < 4.78 is 25.4. The van der Waals surface area contributed by atoms with E-state index in [4.69, 9.17) is 15.2 Å². The fourth-order valence-electron chi connectivity index (χ4n) is 3.88. The minimum atomic E-state index is -0.706. The average molecular weight is 456 g/mol. The molecule has 0 spiro atoms. The lowest BCUT2D eigenvalue weighted by molar-refractivity contribution is -0.128. The van der Waals surface area contributed by atoms with E-state index >= 15 is 0 Å². The first-order chi connectivity index (χ1) is 15.8. The molecule has 10 nitrogen and oxygen atoms in total. The largest absolute Gasteiger partial charge is 0.449 e. The molecular weight excluding hydrogens is 431 g/mol. The molecule has 174 valence electrons. The molecule has 2 aromatic rings. The van der Waals surface area contributed by atoms with E-state index in [-0.39, 0.29) is 29.9 Å². The Labute approximate surface area is 190 Å². The summed E-state index contributed by atoms with van der Waals surface area (Å²) in [4.78, 5) is 26.2. The lowest BCUT2D eigenvalue weighted by atomic mass is 9.90. The van der Waals surface area contributed by atoms with Gasteiger partial charge in [0, 0.05) is 30.4 Å². The number of amides is 2. The van der Waals surface area contributed by atoms with Crippen molar-refractivity contribution in [1.82, 2.24) is 14.7 Å². The first-order valence-electron chi connectivity index (χ1n) is 10.6. The molecule has 11 heteroatoms. The van der Waals surface area contributed by atoms with Gasteiger partial charge in [0.1, 0.15) is 18.0 Å². The van der Waals surface area contributed by atoms with Crippen LogP contribution in [0.15, 0.2) is 30.5 Å². The second-order valence-corrected chi connectivity index (χ2v) is 8.76. The van der Waals surface area contributed by atoms with Crippen molar-refractivity contribution in [1.29, 1.82) is 5.26 Å². The SMILES string of the molecule is CC1(COC(=O)N2CC[C@H](C#N)[C@@H](n3cc(C(N)=O)c(Nc4ccc(F)cc4)n3)C2)COC1. The summed E-state index contributed by atoms with van der Waals surface area (Å²) in [5, 5.41) is 17.1. The van der Waals surface area contributed by atoms with Gasteiger partial charge in [-0.25, -0.2) is 9.18 Å². The van der Waals surface area contributed by atoms with Crippen molar-refractivity contribution < 1.29 is 23.5 Å². The van der Waals surface area contributed by atoms with E-state index in [0.717, 1.165) is 0 Å². The quantitative estimate of drug-likeness (QED) is 0.681. The van der Waals surface area contributed by atoms with Crippen molar-refractivity contribution in [3.05, 3.63) is 41.8 Å². The van der Waals surface area contributed by atoms with Crippen molar-refractivity contribution in [3.63, 3.8) is 0 Å². The third-order valence-corrected chi connectivity index (χ3v) is 5.90. The van der Waals surface area contributed by atoms with Crippen LogP contribution in [0.3, 0.4) is 0 Å². The second kappa shape index (κ2) is 9.07. The molecule has 1 aromatic carbocycles. The molecule has 3 N–H and O–H groups in total. The van der Waals surface area contributed by atoms with Gasteiger partial charge in [0.15, 0.2) is 5.82 Å². The maximum atomic E-state index is 13.2. The Balaban J connectivity index is 1.52. The molecule has 1 aromatic heterocycles. The van der Waals surface area contributed by atoms with E-state index in [2.05, 4.69) is 16.5 Å². The second-order valence-electron chi connectivity index (χ2n) is 8.76. The molecule has 0 saturated carbocycles. The van der Waals surface area contributed by atoms with Crippen molar-refractivity contribution in [2.45, 2.75) is 19.4 Å². The molecule has 4 rings (SSSR count). The van der Waals surface area contributed by atoms with Gasteiger partial charge in [-0.1, -0.05) is 6.92 Å². The number of nitrogens with two attached hydrogens (primary N) is 1. The highest BCUT2D eigenvalue weighted by atomic mass is 19.1. The number of primary amides is 1. The molecule has 2 saturated heterocycles. The van der Waals surface area contributed by atoms with Crippen LogP contribution in [0.5, 0.6) is 0 Å². The number of nitrogens with one attached hydrogen (secondary N) is 1. The van der Waals surface area contributed by atoms with Crippen LogP contribution in [0.1, 0.15) is 29.7 Å². The maximum absolute atomic E-state index is 13.2. The molecule has 2 atom stereocenters. The maximum Gasteiger partial charge on any atom is 0.409 e. The summed E-state index contributed by atoms with van der Waals surface area (Å²) in [5.41, 5.74) is 5.99. The zero-order valence-electron chi connectivity index (χ0n) is 18.2. The lowest BCUT2D eigenvalue weighted by Gasteiger charge is -2.39. The Morgan fingerprint density at radius 1 is 1.39 bits per heavy atom. The fraction of sp³-hybridized carbons (Fsp3) is 0.455. The van der Waals surface area contributed by atoms with Gasteiger partial charge in [0.25, 0.3) is 5.91 Å². The number of piperidine rings is 1. The van der Waals surface area contributed by atoms with Gasteiger partial charge in [-0.15, -0.1) is 0 Å². The number of likely N-dealkylation sites (tertiary alicyclic amines) is 1. The first kappa shape index (κ1) is 22.5.